The third kappa shape index (κ3) is 2.11. The van der Waals surface area contributed by atoms with Gasteiger partial charge >= 0.3 is 0 Å². The van der Waals surface area contributed by atoms with Gasteiger partial charge in [-0.1, -0.05) is 0 Å². The number of carbonyl (C=O) groups is 1. The third-order valence-corrected chi connectivity index (χ3v) is 5.69. The van der Waals surface area contributed by atoms with Gasteiger partial charge in [-0.3, -0.25) is 4.79 Å². The molecule has 1 fully saturated rings. The lowest BCUT2D eigenvalue weighted by Crippen LogP contribution is -2.35. The fourth-order valence-corrected chi connectivity index (χ4v) is 4.46. The van der Waals surface area contributed by atoms with Crippen molar-refractivity contribution in [3.8, 4) is 0 Å². The van der Waals surface area contributed by atoms with Gasteiger partial charge in [0.15, 0.2) is 0 Å². The smallest absolute Gasteiger partial charge is 0.266 e. The van der Waals surface area contributed by atoms with Gasteiger partial charge in [0.05, 0.1) is 5.69 Å². The van der Waals surface area contributed by atoms with Crippen LogP contribution in [0.3, 0.4) is 0 Å². The SMILES string of the molecule is Nc1c(C(=O)N2CCCCC2)sc2nc3c(cc12)CCC3. The van der Waals surface area contributed by atoms with E-state index in [4.69, 9.17) is 10.7 Å². The molecule has 4 nitrogen and oxygen atoms in total. The van der Waals surface area contributed by atoms with Crippen LogP contribution in [0, 0.1) is 0 Å². The van der Waals surface area contributed by atoms with Crippen LogP contribution in [0.4, 0.5) is 5.69 Å². The van der Waals surface area contributed by atoms with E-state index in [2.05, 4.69) is 6.07 Å². The van der Waals surface area contributed by atoms with Gasteiger partial charge in [-0.25, -0.2) is 4.98 Å². The fourth-order valence-electron chi connectivity index (χ4n) is 3.40. The van der Waals surface area contributed by atoms with Crippen molar-refractivity contribution in [1.82, 2.24) is 9.88 Å². The number of aryl methyl sites for hydroxylation is 2. The molecule has 0 aromatic carbocycles. The number of anilines is 1. The molecule has 0 saturated carbocycles. The number of nitrogen functional groups attached to an aromatic ring is 1. The van der Waals surface area contributed by atoms with Crippen LogP contribution in [0.2, 0.25) is 0 Å². The van der Waals surface area contributed by atoms with Crippen molar-refractivity contribution in [2.24, 2.45) is 0 Å². The van der Waals surface area contributed by atoms with Gasteiger partial charge in [-0.05, 0) is 50.2 Å². The summed E-state index contributed by atoms with van der Waals surface area (Å²) < 4.78 is 0. The Balaban J connectivity index is 1.75. The van der Waals surface area contributed by atoms with Crippen LogP contribution in [0.5, 0.6) is 0 Å². The maximum Gasteiger partial charge on any atom is 0.266 e. The molecule has 2 N–H and O–H groups in total. The van der Waals surface area contributed by atoms with Gasteiger partial charge in [-0.15, -0.1) is 11.3 Å². The summed E-state index contributed by atoms with van der Waals surface area (Å²) in [6, 6.07) is 2.16. The first kappa shape index (κ1) is 13.1. The van der Waals surface area contributed by atoms with Gasteiger partial charge in [0.1, 0.15) is 9.71 Å². The molecule has 0 radical (unpaired) electrons. The highest BCUT2D eigenvalue weighted by Gasteiger charge is 2.25. The first-order chi connectivity index (χ1) is 10.2. The molecule has 2 aliphatic rings. The quantitative estimate of drug-likeness (QED) is 0.881. The highest BCUT2D eigenvalue weighted by molar-refractivity contribution is 7.21. The Kier molecular flexibility index (Phi) is 3.10. The van der Waals surface area contributed by atoms with Crippen LogP contribution in [-0.4, -0.2) is 28.9 Å². The van der Waals surface area contributed by atoms with Crippen molar-refractivity contribution in [1.29, 1.82) is 0 Å². The number of piperidine rings is 1. The van der Waals surface area contributed by atoms with E-state index in [0.717, 1.165) is 49.0 Å². The number of hydrogen-bond acceptors (Lipinski definition) is 4. The zero-order valence-electron chi connectivity index (χ0n) is 12.0. The van der Waals surface area contributed by atoms with Crippen LogP contribution in [0.25, 0.3) is 10.2 Å². The molecule has 1 aliphatic carbocycles. The van der Waals surface area contributed by atoms with Gasteiger partial charge in [0, 0.05) is 24.2 Å². The second-order valence-electron chi connectivity index (χ2n) is 6.00. The minimum absolute atomic E-state index is 0.0929. The number of amides is 1. The Labute approximate surface area is 128 Å². The summed E-state index contributed by atoms with van der Waals surface area (Å²) in [5.41, 5.74) is 9.40. The third-order valence-electron chi connectivity index (χ3n) is 4.59. The Morgan fingerprint density at radius 2 is 2.00 bits per heavy atom. The normalized spacial score (nSPS) is 18.2. The monoisotopic (exact) mass is 301 g/mol. The number of likely N-dealkylation sites (tertiary alicyclic amines) is 1. The van der Waals surface area contributed by atoms with Crippen LogP contribution < -0.4 is 5.73 Å². The van der Waals surface area contributed by atoms with E-state index < -0.39 is 0 Å². The number of nitrogens with zero attached hydrogens (tertiary/aromatic N) is 2. The minimum Gasteiger partial charge on any atom is -0.397 e. The standard InChI is InChI=1S/C16H19N3OS/c17-13-11-9-10-5-4-6-12(10)18-15(11)21-14(13)16(20)19-7-2-1-3-8-19/h9H,1-8,17H2. The summed E-state index contributed by atoms with van der Waals surface area (Å²) in [5.74, 6) is 0.0929. The Hall–Kier alpha value is -1.62. The molecule has 2 aromatic heterocycles. The molecule has 3 heterocycles. The molecule has 4 rings (SSSR count). The number of rotatable bonds is 1. The second kappa shape index (κ2) is 4.98. The predicted molar refractivity (Wildman–Crippen MR) is 85.8 cm³/mol. The van der Waals surface area contributed by atoms with E-state index in [0.29, 0.717) is 10.6 Å². The zero-order valence-corrected chi connectivity index (χ0v) is 12.8. The molecule has 1 amide bonds. The van der Waals surface area contributed by atoms with E-state index in [1.54, 1.807) is 0 Å². The number of nitrogens with two attached hydrogens (primary N) is 1. The maximum atomic E-state index is 12.7. The summed E-state index contributed by atoms with van der Waals surface area (Å²) in [5, 5.41) is 0.973. The average Bonchev–Trinajstić information content (AvgIpc) is 3.10. The highest BCUT2D eigenvalue weighted by atomic mass is 32.1. The summed E-state index contributed by atoms with van der Waals surface area (Å²) in [6.45, 7) is 1.72. The van der Waals surface area contributed by atoms with Gasteiger partial charge in [-0.2, -0.15) is 0 Å². The maximum absolute atomic E-state index is 12.7. The second-order valence-corrected chi connectivity index (χ2v) is 7.00. The van der Waals surface area contributed by atoms with Crippen molar-refractivity contribution in [3.05, 3.63) is 22.2 Å². The van der Waals surface area contributed by atoms with Crippen molar-refractivity contribution >= 4 is 33.1 Å². The molecule has 21 heavy (non-hydrogen) atoms. The minimum atomic E-state index is 0.0929. The molecule has 1 saturated heterocycles. The summed E-state index contributed by atoms with van der Waals surface area (Å²) in [6.07, 6.45) is 6.74. The summed E-state index contributed by atoms with van der Waals surface area (Å²) in [7, 11) is 0. The van der Waals surface area contributed by atoms with E-state index in [-0.39, 0.29) is 5.91 Å². The number of pyridine rings is 1. The molecule has 0 unspecified atom stereocenters. The van der Waals surface area contributed by atoms with Crippen LogP contribution >= 0.6 is 11.3 Å². The lowest BCUT2D eigenvalue weighted by atomic mass is 10.1. The first-order valence-electron chi connectivity index (χ1n) is 7.74. The van der Waals surface area contributed by atoms with Gasteiger partial charge < -0.3 is 10.6 Å². The van der Waals surface area contributed by atoms with E-state index >= 15 is 0 Å². The molecule has 0 atom stereocenters. The number of hydrogen-bond donors (Lipinski definition) is 1. The molecule has 0 spiro atoms. The van der Waals surface area contributed by atoms with Crippen LogP contribution in [0.15, 0.2) is 6.07 Å². The molecule has 2 aromatic rings. The number of fused-ring (bicyclic) bond motifs is 2. The van der Waals surface area contributed by atoms with Crippen molar-refractivity contribution in [2.75, 3.05) is 18.8 Å². The van der Waals surface area contributed by atoms with Crippen molar-refractivity contribution in [3.63, 3.8) is 0 Å². The Morgan fingerprint density at radius 3 is 2.81 bits per heavy atom. The van der Waals surface area contributed by atoms with Crippen molar-refractivity contribution < 1.29 is 4.79 Å². The Morgan fingerprint density at radius 1 is 1.19 bits per heavy atom. The molecular weight excluding hydrogens is 282 g/mol. The molecule has 0 bridgehead atoms. The highest BCUT2D eigenvalue weighted by Crippen LogP contribution is 2.36. The lowest BCUT2D eigenvalue weighted by Gasteiger charge is -2.26. The van der Waals surface area contributed by atoms with Gasteiger partial charge in [0.2, 0.25) is 0 Å². The molecular formula is C16H19N3OS. The molecule has 110 valence electrons. The topological polar surface area (TPSA) is 59.2 Å². The van der Waals surface area contributed by atoms with Gasteiger partial charge in [0.25, 0.3) is 5.91 Å². The first-order valence-corrected chi connectivity index (χ1v) is 8.56. The van der Waals surface area contributed by atoms with Crippen LogP contribution in [-0.2, 0) is 12.8 Å². The number of carbonyl (C=O) groups excluding carboxylic acids is 1. The number of aromatic nitrogens is 1. The van der Waals surface area contributed by atoms with E-state index in [9.17, 15) is 4.79 Å². The van der Waals surface area contributed by atoms with E-state index in [1.807, 2.05) is 4.90 Å². The van der Waals surface area contributed by atoms with Crippen molar-refractivity contribution in [2.45, 2.75) is 38.5 Å². The van der Waals surface area contributed by atoms with E-state index in [1.165, 1.54) is 35.4 Å². The zero-order chi connectivity index (χ0) is 14.4. The average molecular weight is 301 g/mol. The fraction of sp³-hybridized carbons (Fsp3) is 0.500. The Bertz CT molecular complexity index is 716. The summed E-state index contributed by atoms with van der Waals surface area (Å²) >= 11 is 1.46. The predicted octanol–water partition coefficient (Wildman–Crippen LogP) is 2.99. The summed E-state index contributed by atoms with van der Waals surface area (Å²) in [4.78, 5) is 21.0. The largest absolute Gasteiger partial charge is 0.397 e. The molecule has 5 heteroatoms. The number of thiophene rings is 1. The lowest BCUT2D eigenvalue weighted by molar-refractivity contribution is 0.0730. The van der Waals surface area contributed by atoms with Crippen LogP contribution in [0.1, 0.15) is 46.6 Å². The molecule has 1 aliphatic heterocycles.